The highest BCUT2D eigenvalue weighted by Crippen LogP contribution is 2.31. The third-order valence-electron chi connectivity index (χ3n) is 3.61. The molecule has 0 N–H and O–H groups in total. The molecule has 1 aromatic heterocycles. The number of rotatable bonds is 4. The van der Waals surface area contributed by atoms with Crippen molar-refractivity contribution in [1.29, 1.82) is 0 Å². The molecule has 0 bridgehead atoms. The lowest BCUT2D eigenvalue weighted by atomic mass is 10.1. The zero-order chi connectivity index (χ0) is 14.9. The van der Waals surface area contributed by atoms with E-state index in [1.54, 1.807) is 12.1 Å². The number of fused-ring (bicyclic) bond motifs is 1. The van der Waals surface area contributed by atoms with E-state index in [2.05, 4.69) is 0 Å². The molecular formula is C18H14O4. The van der Waals surface area contributed by atoms with Crippen LogP contribution in [0.25, 0.3) is 22.3 Å². The van der Waals surface area contributed by atoms with Crippen LogP contribution in [0.3, 0.4) is 0 Å². The van der Waals surface area contributed by atoms with Crippen molar-refractivity contribution in [3.8, 4) is 17.1 Å². The van der Waals surface area contributed by atoms with Crippen molar-refractivity contribution in [2.24, 2.45) is 0 Å². The Labute approximate surface area is 126 Å². The minimum Gasteiger partial charge on any atom is -0.483 e. The SMILES string of the molecule is O=c1c(OCC2CO2)c(-c2ccccc2)oc2ccccc12. The number of epoxide rings is 1. The molecule has 0 radical (unpaired) electrons. The molecule has 1 saturated heterocycles. The van der Waals surface area contributed by atoms with Crippen LogP contribution in [0.15, 0.2) is 63.8 Å². The summed E-state index contributed by atoms with van der Waals surface area (Å²) >= 11 is 0. The van der Waals surface area contributed by atoms with Crippen LogP contribution >= 0.6 is 0 Å². The lowest BCUT2D eigenvalue weighted by Crippen LogP contribution is -2.13. The topological polar surface area (TPSA) is 52.0 Å². The van der Waals surface area contributed by atoms with Crippen molar-refractivity contribution >= 4 is 11.0 Å². The van der Waals surface area contributed by atoms with Gasteiger partial charge < -0.3 is 13.9 Å². The number of benzene rings is 2. The van der Waals surface area contributed by atoms with Crippen LogP contribution in [0.2, 0.25) is 0 Å². The van der Waals surface area contributed by atoms with Crippen molar-refractivity contribution in [1.82, 2.24) is 0 Å². The van der Waals surface area contributed by atoms with E-state index < -0.39 is 0 Å². The van der Waals surface area contributed by atoms with Crippen LogP contribution in [0.4, 0.5) is 0 Å². The Kier molecular flexibility index (Phi) is 3.16. The van der Waals surface area contributed by atoms with Gasteiger partial charge in [0.05, 0.1) is 12.0 Å². The van der Waals surface area contributed by atoms with Crippen LogP contribution in [-0.2, 0) is 4.74 Å². The zero-order valence-electron chi connectivity index (χ0n) is 11.8. The molecule has 2 heterocycles. The van der Waals surface area contributed by atoms with Gasteiger partial charge in [-0.2, -0.15) is 0 Å². The number of ether oxygens (including phenoxy) is 2. The molecule has 22 heavy (non-hydrogen) atoms. The van der Waals surface area contributed by atoms with Crippen LogP contribution in [0, 0.1) is 0 Å². The van der Waals surface area contributed by atoms with Crippen LogP contribution in [-0.4, -0.2) is 19.3 Å². The summed E-state index contributed by atoms with van der Waals surface area (Å²) in [6.07, 6.45) is 0.0782. The molecule has 0 saturated carbocycles. The van der Waals surface area contributed by atoms with Gasteiger partial charge >= 0.3 is 0 Å². The molecule has 3 aromatic rings. The average Bonchev–Trinajstić information content (AvgIpc) is 3.39. The summed E-state index contributed by atoms with van der Waals surface area (Å²) in [6.45, 7) is 1.04. The number of hydrogen-bond acceptors (Lipinski definition) is 4. The Morgan fingerprint density at radius 1 is 1.05 bits per heavy atom. The molecular weight excluding hydrogens is 280 g/mol. The van der Waals surface area contributed by atoms with Crippen molar-refractivity contribution < 1.29 is 13.9 Å². The lowest BCUT2D eigenvalue weighted by molar-refractivity contribution is 0.258. The predicted octanol–water partition coefficient (Wildman–Crippen LogP) is 3.24. The fourth-order valence-corrected chi connectivity index (χ4v) is 2.38. The quantitative estimate of drug-likeness (QED) is 0.693. The number of hydrogen-bond donors (Lipinski definition) is 0. The first kappa shape index (κ1) is 13.1. The van der Waals surface area contributed by atoms with E-state index in [9.17, 15) is 4.79 Å². The van der Waals surface area contributed by atoms with Gasteiger partial charge in [0, 0.05) is 5.56 Å². The molecule has 4 nitrogen and oxygen atoms in total. The first-order valence-electron chi connectivity index (χ1n) is 7.18. The molecule has 4 rings (SSSR count). The van der Waals surface area contributed by atoms with E-state index in [1.165, 1.54) is 0 Å². The van der Waals surface area contributed by atoms with Crippen LogP contribution < -0.4 is 10.2 Å². The van der Waals surface area contributed by atoms with Crippen molar-refractivity contribution in [2.75, 3.05) is 13.2 Å². The monoisotopic (exact) mass is 294 g/mol. The smallest absolute Gasteiger partial charge is 0.235 e. The third-order valence-corrected chi connectivity index (χ3v) is 3.61. The summed E-state index contributed by atoms with van der Waals surface area (Å²) in [6, 6.07) is 16.7. The van der Waals surface area contributed by atoms with Gasteiger partial charge in [-0.3, -0.25) is 4.79 Å². The molecule has 110 valence electrons. The zero-order valence-corrected chi connectivity index (χ0v) is 11.8. The van der Waals surface area contributed by atoms with E-state index in [1.807, 2.05) is 42.5 Å². The first-order chi connectivity index (χ1) is 10.8. The Bertz CT molecular complexity index is 863. The standard InChI is InChI=1S/C18H14O4/c19-16-14-8-4-5-9-15(14)22-17(12-6-2-1-3-7-12)18(16)21-11-13-10-20-13/h1-9,13H,10-11H2. The molecule has 1 aliphatic rings. The van der Waals surface area contributed by atoms with Gasteiger partial charge in [-0.15, -0.1) is 0 Å². The predicted molar refractivity (Wildman–Crippen MR) is 83.2 cm³/mol. The van der Waals surface area contributed by atoms with Crippen molar-refractivity contribution in [3.05, 3.63) is 64.8 Å². The van der Waals surface area contributed by atoms with Crippen molar-refractivity contribution in [3.63, 3.8) is 0 Å². The molecule has 0 aliphatic carbocycles. The summed E-state index contributed by atoms with van der Waals surface area (Å²) in [5, 5.41) is 0.522. The Balaban J connectivity index is 1.91. The minimum absolute atomic E-state index is 0.0782. The summed E-state index contributed by atoms with van der Waals surface area (Å²) in [5.74, 6) is 0.713. The van der Waals surface area contributed by atoms with Crippen molar-refractivity contribution in [2.45, 2.75) is 6.10 Å². The average molecular weight is 294 g/mol. The number of para-hydroxylation sites is 1. The third kappa shape index (κ3) is 2.38. The Morgan fingerprint density at radius 3 is 2.55 bits per heavy atom. The summed E-state index contributed by atoms with van der Waals surface area (Å²) in [5.41, 5.74) is 1.22. The second kappa shape index (κ2) is 5.31. The maximum absolute atomic E-state index is 12.7. The van der Waals surface area contributed by atoms with Gasteiger partial charge in [-0.25, -0.2) is 0 Å². The maximum atomic E-state index is 12.7. The maximum Gasteiger partial charge on any atom is 0.235 e. The van der Waals surface area contributed by atoms with Crippen LogP contribution in [0.5, 0.6) is 5.75 Å². The molecule has 1 aliphatic heterocycles. The summed E-state index contributed by atoms with van der Waals surface area (Å²) in [7, 11) is 0. The molecule has 1 unspecified atom stereocenters. The van der Waals surface area contributed by atoms with Gasteiger partial charge in [0.25, 0.3) is 0 Å². The van der Waals surface area contributed by atoms with E-state index in [-0.39, 0.29) is 17.3 Å². The molecule has 1 fully saturated rings. The highest BCUT2D eigenvalue weighted by molar-refractivity contribution is 5.81. The normalized spacial score (nSPS) is 16.6. The lowest BCUT2D eigenvalue weighted by Gasteiger charge is -2.10. The molecule has 0 amide bonds. The molecule has 4 heteroatoms. The van der Waals surface area contributed by atoms with Gasteiger partial charge in [0.1, 0.15) is 18.3 Å². The Morgan fingerprint density at radius 2 is 1.77 bits per heavy atom. The Hall–Kier alpha value is -2.59. The second-order valence-electron chi connectivity index (χ2n) is 5.22. The van der Waals surface area contributed by atoms with Gasteiger partial charge in [-0.05, 0) is 12.1 Å². The summed E-state index contributed by atoms with van der Waals surface area (Å²) < 4.78 is 16.8. The van der Waals surface area contributed by atoms with Gasteiger partial charge in [0.2, 0.25) is 11.2 Å². The van der Waals surface area contributed by atoms with E-state index >= 15 is 0 Å². The second-order valence-corrected chi connectivity index (χ2v) is 5.22. The highest BCUT2D eigenvalue weighted by atomic mass is 16.6. The van der Waals surface area contributed by atoms with E-state index in [0.717, 1.165) is 5.56 Å². The molecule has 1 atom stereocenters. The largest absolute Gasteiger partial charge is 0.483 e. The van der Waals surface area contributed by atoms with Crippen LogP contribution in [0.1, 0.15) is 0 Å². The van der Waals surface area contributed by atoms with Gasteiger partial charge in [-0.1, -0.05) is 42.5 Å². The van der Waals surface area contributed by atoms with E-state index in [0.29, 0.717) is 29.9 Å². The fraction of sp³-hybridized carbons (Fsp3) is 0.167. The van der Waals surface area contributed by atoms with E-state index in [4.69, 9.17) is 13.9 Å². The van der Waals surface area contributed by atoms with Gasteiger partial charge in [0.15, 0.2) is 5.76 Å². The first-order valence-corrected chi connectivity index (χ1v) is 7.18. The molecule has 0 spiro atoms. The minimum atomic E-state index is -0.152. The highest BCUT2D eigenvalue weighted by Gasteiger charge is 2.25. The molecule has 2 aromatic carbocycles. The summed E-state index contributed by atoms with van der Waals surface area (Å²) in [4.78, 5) is 12.7. The fourth-order valence-electron chi connectivity index (χ4n) is 2.38.